The summed E-state index contributed by atoms with van der Waals surface area (Å²) in [5.74, 6) is 0.356. The number of pyridine rings is 1. The minimum atomic E-state index is -0.642. The van der Waals surface area contributed by atoms with E-state index in [0.29, 0.717) is 28.1 Å². The number of hydrogen-bond donors (Lipinski definition) is 1. The van der Waals surface area contributed by atoms with Crippen LogP contribution in [0.15, 0.2) is 42.7 Å². The van der Waals surface area contributed by atoms with E-state index in [2.05, 4.69) is 15.2 Å². The monoisotopic (exact) mass is 494 g/mol. The molecule has 192 valence electrons. The van der Waals surface area contributed by atoms with Gasteiger partial charge in [0.1, 0.15) is 33.9 Å². The molecule has 3 heterocycles. The number of esters is 1. The summed E-state index contributed by atoms with van der Waals surface area (Å²) in [4.78, 5) is 32.2. The summed E-state index contributed by atoms with van der Waals surface area (Å²) >= 11 is 0. The second kappa shape index (κ2) is 9.81. The molecule has 0 atom stereocenters. The number of carbonyl (C=O) groups excluding carboxylic acids is 2. The largest absolute Gasteiger partial charge is 0.456 e. The highest BCUT2D eigenvalue weighted by Gasteiger charge is 2.24. The van der Waals surface area contributed by atoms with Crippen LogP contribution in [0.3, 0.4) is 0 Å². The Morgan fingerprint density at radius 3 is 2.31 bits per heavy atom. The van der Waals surface area contributed by atoms with Gasteiger partial charge in [-0.25, -0.2) is 19.1 Å². The third-order valence-corrected chi connectivity index (χ3v) is 5.39. The number of anilines is 1. The van der Waals surface area contributed by atoms with Gasteiger partial charge in [0.15, 0.2) is 0 Å². The van der Waals surface area contributed by atoms with Crippen molar-refractivity contribution in [3.05, 3.63) is 48.3 Å². The van der Waals surface area contributed by atoms with Gasteiger partial charge < -0.3 is 24.4 Å². The van der Waals surface area contributed by atoms with E-state index in [-0.39, 0.29) is 0 Å². The maximum atomic E-state index is 13.0. The number of carbonyl (C=O) groups is 2. The van der Waals surface area contributed by atoms with E-state index in [4.69, 9.17) is 14.2 Å². The molecule has 0 bridgehead atoms. The van der Waals surface area contributed by atoms with Crippen molar-refractivity contribution < 1.29 is 23.8 Å². The summed E-state index contributed by atoms with van der Waals surface area (Å²) < 4.78 is 18.6. The molecule has 0 radical (unpaired) electrons. The smallest absolute Gasteiger partial charge is 0.420 e. The number of hydrogen-bond acceptors (Lipinski definition) is 8. The van der Waals surface area contributed by atoms with Crippen LogP contribution in [0, 0.1) is 0 Å². The van der Waals surface area contributed by atoms with Crippen molar-refractivity contribution in [1.29, 1.82) is 0 Å². The predicted octanol–water partition coefficient (Wildman–Crippen LogP) is 4.98. The third kappa shape index (κ3) is 6.15. The van der Waals surface area contributed by atoms with E-state index >= 15 is 0 Å². The van der Waals surface area contributed by atoms with E-state index in [1.54, 1.807) is 24.4 Å². The fraction of sp³-hybridized carbons (Fsp3) is 0.444. The Morgan fingerprint density at radius 2 is 1.64 bits per heavy atom. The van der Waals surface area contributed by atoms with Gasteiger partial charge in [0.25, 0.3) is 0 Å². The summed E-state index contributed by atoms with van der Waals surface area (Å²) in [6.45, 7) is 14.4. The van der Waals surface area contributed by atoms with Crippen LogP contribution in [-0.2, 0) is 9.47 Å². The number of benzene rings is 1. The number of aromatic nitrogens is 2. The second-order valence-corrected chi connectivity index (χ2v) is 10.8. The molecule has 1 fully saturated rings. The number of nitrogens with zero attached hydrogens (tertiary/aromatic N) is 3. The van der Waals surface area contributed by atoms with Crippen LogP contribution in [0.25, 0.3) is 11.0 Å². The molecule has 1 N–H and O–H groups in total. The first-order valence-electron chi connectivity index (χ1n) is 12.1. The maximum absolute atomic E-state index is 13.0. The van der Waals surface area contributed by atoms with E-state index < -0.39 is 23.3 Å². The summed E-state index contributed by atoms with van der Waals surface area (Å²) in [5.41, 5.74) is 0.485. The topological polar surface area (TPSA) is 94.9 Å². The van der Waals surface area contributed by atoms with Crippen molar-refractivity contribution >= 4 is 28.8 Å². The predicted molar refractivity (Wildman–Crippen MR) is 138 cm³/mol. The Balaban J connectivity index is 1.65. The number of piperazine rings is 1. The van der Waals surface area contributed by atoms with Gasteiger partial charge in [-0.1, -0.05) is 0 Å². The Bertz CT molecular complexity index is 1260. The zero-order valence-corrected chi connectivity index (χ0v) is 21.8. The molecule has 0 saturated carbocycles. The van der Waals surface area contributed by atoms with E-state index in [1.807, 2.05) is 53.7 Å². The van der Waals surface area contributed by atoms with Gasteiger partial charge in [-0.2, -0.15) is 0 Å². The summed E-state index contributed by atoms with van der Waals surface area (Å²) in [6, 6.07) is 9.07. The minimum absolute atomic E-state index is 0.329. The highest BCUT2D eigenvalue weighted by molar-refractivity contribution is 5.94. The second-order valence-electron chi connectivity index (χ2n) is 10.8. The third-order valence-electron chi connectivity index (χ3n) is 5.39. The molecule has 2 aromatic heterocycles. The van der Waals surface area contributed by atoms with Crippen molar-refractivity contribution in [2.75, 3.05) is 31.1 Å². The van der Waals surface area contributed by atoms with Crippen LogP contribution in [-0.4, -0.2) is 59.0 Å². The quantitative estimate of drug-likeness (QED) is 0.508. The Hall–Kier alpha value is -3.59. The lowest BCUT2D eigenvalue weighted by molar-refractivity contribution is 0.00669. The van der Waals surface area contributed by atoms with Gasteiger partial charge in [-0.05, 0) is 65.8 Å². The standard InChI is InChI=1S/C27H34N4O5/c1-26(2,3)35-24(32)21-8-7-19(30-13-10-28-11-14-30)16-22(21)34-20-15-18-9-12-31(23(18)29-17-20)25(33)36-27(4,5)6/h7-9,12,15-17,28H,10-11,13-14H2,1-6H3. The van der Waals surface area contributed by atoms with Gasteiger partial charge in [-0.15, -0.1) is 0 Å². The normalized spacial score (nSPS) is 14.6. The van der Waals surface area contributed by atoms with Gasteiger partial charge in [0.05, 0.1) is 6.20 Å². The molecule has 0 amide bonds. The molecule has 1 aliphatic rings. The lowest BCUT2D eigenvalue weighted by Crippen LogP contribution is -2.43. The molecule has 0 unspecified atom stereocenters. The summed E-state index contributed by atoms with van der Waals surface area (Å²) in [6.07, 6.45) is 2.64. The molecule has 1 saturated heterocycles. The molecule has 36 heavy (non-hydrogen) atoms. The molecule has 9 nitrogen and oxygen atoms in total. The van der Waals surface area contributed by atoms with Crippen LogP contribution in [0.4, 0.5) is 10.5 Å². The molecule has 0 aliphatic carbocycles. The van der Waals surface area contributed by atoms with Crippen molar-refractivity contribution in [3.8, 4) is 11.5 Å². The van der Waals surface area contributed by atoms with Crippen LogP contribution < -0.4 is 15.0 Å². The molecule has 3 aromatic rings. The number of rotatable bonds is 4. The van der Waals surface area contributed by atoms with Crippen molar-refractivity contribution in [2.45, 2.75) is 52.7 Å². The van der Waals surface area contributed by atoms with Crippen LogP contribution in [0.1, 0.15) is 51.9 Å². The Kier molecular flexibility index (Phi) is 6.95. The van der Waals surface area contributed by atoms with Gasteiger partial charge in [0.2, 0.25) is 0 Å². The van der Waals surface area contributed by atoms with Gasteiger partial charge >= 0.3 is 12.1 Å². The molecular formula is C27H34N4O5. The zero-order chi connectivity index (χ0) is 26.1. The van der Waals surface area contributed by atoms with E-state index in [1.165, 1.54) is 10.8 Å². The first-order valence-corrected chi connectivity index (χ1v) is 12.1. The van der Waals surface area contributed by atoms with Crippen molar-refractivity contribution in [1.82, 2.24) is 14.9 Å². The molecule has 0 spiro atoms. The van der Waals surface area contributed by atoms with Crippen molar-refractivity contribution in [2.24, 2.45) is 0 Å². The molecule has 1 aromatic carbocycles. The first-order chi connectivity index (χ1) is 16.9. The van der Waals surface area contributed by atoms with Gasteiger partial charge in [0, 0.05) is 49.5 Å². The van der Waals surface area contributed by atoms with Crippen LogP contribution in [0.5, 0.6) is 11.5 Å². The average molecular weight is 495 g/mol. The van der Waals surface area contributed by atoms with E-state index in [9.17, 15) is 9.59 Å². The molecular weight excluding hydrogens is 460 g/mol. The zero-order valence-electron chi connectivity index (χ0n) is 21.8. The Morgan fingerprint density at radius 1 is 0.944 bits per heavy atom. The minimum Gasteiger partial charge on any atom is -0.456 e. The maximum Gasteiger partial charge on any atom is 0.420 e. The number of nitrogens with one attached hydrogen (secondary N) is 1. The average Bonchev–Trinajstić information content (AvgIpc) is 3.21. The first kappa shape index (κ1) is 25.5. The fourth-order valence-corrected chi connectivity index (χ4v) is 3.86. The van der Waals surface area contributed by atoms with Crippen molar-refractivity contribution in [3.63, 3.8) is 0 Å². The lowest BCUT2D eigenvalue weighted by atomic mass is 10.1. The van der Waals surface area contributed by atoms with Crippen LogP contribution in [0.2, 0.25) is 0 Å². The van der Waals surface area contributed by atoms with Gasteiger partial charge in [-0.3, -0.25) is 0 Å². The summed E-state index contributed by atoms with van der Waals surface area (Å²) in [5, 5.41) is 4.05. The fourth-order valence-electron chi connectivity index (χ4n) is 3.86. The lowest BCUT2D eigenvalue weighted by Gasteiger charge is -2.30. The Labute approximate surface area is 211 Å². The molecule has 4 rings (SSSR count). The number of ether oxygens (including phenoxy) is 3. The summed E-state index contributed by atoms with van der Waals surface area (Å²) in [7, 11) is 0. The van der Waals surface area contributed by atoms with E-state index in [0.717, 1.165) is 31.9 Å². The highest BCUT2D eigenvalue weighted by atomic mass is 16.6. The van der Waals surface area contributed by atoms with Crippen LogP contribution >= 0.6 is 0 Å². The number of fused-ring (bicyclic) bond motifs is 1. The molecule has 1 aliphatic heterocycles. The highest BCUT2D eigenvalue weighted by Crippen LogP contribution is 2.33. The molecule has 9 heteroatoms. The SMILES string of the molecule is CC(C)(C)OC(=O)c1ccc(N2CCNCC2)cc1Oc1cnc2c(ccn2C(=O)OC(C)(C)C)c1.